The first kappa shape index (κ1) is 16.0. The van der Waals surface area contributed by atoms with Gasteiger partial charge in [-0.05, 0) is 39.5 Å². The molecular formula is C16H28N2O. The molecule has 0 aliphatic rings. The zero-order chi connectivity index (χ0) is 14.3. The number of rotatable bonds is 8. The first-order chi connectivity index (χ1) is 9.15. The quantitative estimate of drug-likeness (QED) is 0.781. The summed E-state index contributed by atoms with van der Waals surface area (Å²) in [5, 5.41) is 3.42. The Kier molecular flexibility index (Phi) is 6.89. The number of benzene rings is 1. The molecule has 108 valence electrons. The van der Waals surface area contributed by atoms with Crippen LogP contribution in [0.4, 0.5) is 0 Å². The van der Waals surface area contributed by atoms with Crippen LogP contribution in [0.25, 0.3) is 0 Å². The monoisotopic (exact) mass is 264 g/mol. The minimum absolute atomic E-state index is 0.307. The molecule has 0 aromatic heterocycles. The summed E-state index contributed by atoms with van der Waals surface area (Å²) in [5.41, 5.74) is 2.52. The van der Waals surface area contributed by atoms with Crippen molar-refractivity contribution in [2.45, 2.75) is 33.2 Å². The fourth-order valence-electron chi connectivity index (χ4n) is 2.42. The van der Waals surface area contributed by atoms with Gasteiger partial charge in [0, 0.05) is 18.2 Å². The van der Waals surface area contributed by atoms with Gasteiger partial charge in [0.05, 0.1) is 7.11 Å². The van der Waals surface area contributed by atoms with E-state index in [9.17, 15) is 0 Å². The molecule has 1 N–H and O–H groups in total. The summed E-state index contributed by atoms with van der Waals surface area (Å²) in [6.07, 6.45) is 1.19. The number of likely N-dealkylation sites (N-methyl/N-ethyl adjacent to an activating group) is 2. The van der Waals surface area contributed by atoms with E-state index in [1.807, 2.05) is 7.05 Å². The summed E-state index contributed by atoms with van der Waals surface area (Å²) in [6.45, 7) is 9.81. The fourth-order valence-corrected chi connectivity index (χ4v) is 2.42. The zero-order valence-electron chi connectivity index (χ0n) is 13.0. The second kappa shape index (κ2) is 8.18. The van der Waals surface area contributed by atoms with E-state index in [1.165, 1.54) is 17.5 Å². The molecule has 1 aromatic rings. The van der Waals surface area contributed by atoms with Gasteiger partial charge in [0.2, 0.25) is 0 Å². The summed E-state index contributed by atoms with van der Waals surface area (Å²) in [5.74, 6) is 0.970. The van der Waals surface area contributed by atoms with Gasteiger partial charge in [0.1, 0.15) is 5.75 Å². The van der Waals surface area contributed by atoms with Crippen molar-refractivity contribution in [3.8, 4) is 5.75 Å². The lowest BCUT2D eigenvalue weighted by Gasteiger charge is -2.27. The van der Waals surface area contributed by atoms with Gasteiger partial charge >= 0.3 is 0 Å². The lowest BCUT2D eigenvalue weighted by atomic mass is 10.0. The maximum atomic E-state index is 5.50. The van der Waals surface area contributed by atoms with Crippen LogP contribution < -0.4 is 10.1 Å². The lowest BCUT2D eigenvalue weighted by molar-refractivity contribution is 0.256. The molecule has 0 saturated heterocycles. The van der Waals surface area contributed by atoms with Crippen LogP contribution in [0.1, 0.15) is 37.4 Å². The SMILES string of the molecule is CCCN(CC)CC(NC)c1cc(C)ccc1OC. The molecule has 1 unspecified atom stereocenters. The molecule has 3 heteroatoms. The van der Waals surface area contributed by atoms with Gasteiger partial charge in [-0.2, -0.15) is 0 Å². The van der Waals surface area contributed by atoms with E-state index >= 15 is 0 Å². The molecule has 0 heterocycles. The highest BCUT2D eigenvalue weighted by atomic mass is 16.5. The second-order valence-electron chi connectivity index (χ2n) is 4.98. The van der Waals surface area contributed by atoms with Crippen LogP contribution in [-0.4, -0.2) is 38.7 Å². The number of aryl methyl sites for hydroxylation is 1. The molecule has 3 nitrogen and oxygen atoms in total. The van der Waals surface area contributed by atoms with Gasteiger partial charge in [-0.1, -0.05) is 31.5 Å². The van der Waals surface area contributed by atoms with Crippen molar-refractivity contribution < 1.29 is 4.74 Å². The van der Waals surface area contributed by atoms with Crippen LogP contribution in [0, 0.1) is 6.92 Å². The van der Waals surface area contributed by atoms with Crippen molar-refractivity contribution in [3.05, 3.63) is 29.3 Å². The van der Waals surface area contributed by atoms with Crippen molar-refractivity contribution in [2.24, 2.45) is 0 Å². The van der Waals surface area contributed by atoms with Crippen molar-refractivity contribution in [1.29, 1.82) is 0 Å². The number of nitrogens with zero attached hydrogens (tertiary/aromatic N) is 1. The van der Waals surface area contributed by atoms with E-state index in [-0.39, 0.29) is 0 Å². The van der Waals surface area contributed by atoms with E-state index in [0.717, 1.165) is 25.4 Å². The minimum atomic E-state index is 0.307. The molecule has 0 aliphatic carbocycles. The predicted molar refractivity (Wildman–Crippen MR) is 81.9 cm³/mol. The van der Waals surface area contributed by atoms with E-state index < -0.39 is 0 Å². The third-order valence-electron chi connectivity index (χ3n) is 3.54. The summed E-state index contributed by atoms with van der Waals surface area (Å²) >= 11 is 0. The average Bonchev–Trinajstić information content (AvgIpc) is 2.43. The Morgan fingerprint density at radius 3 is 2.58 bits per heavy atom. The minimum Gasteiger partial charge on any atom is -0.496 e. The molecule has 1 rings (SSSR count). The van der Waals surface area contributed by atoms with Crippen molar-refractivity contribution >= 4 is 0 Å². The molecule has 0 saturated carbocycles. The van der Waals surface area contributed by atoms with Crippen molar-refractivity contribution in [2.75, 3.05) is 33.8 Å². The van der Waals surface area contributed by atoms with Crippen LogP contribution in [0.5, 0.6) is 5.75 Å². The molecule has 0 radical (unpaired) electrons. The Labute approximate surface area is 118 Å². The molecule has 0 bridgehead atoms. The molecule has 1 atom stereocenters. The van der Waals surface area contributed by atoms with Gasteiger partial charge in [-0.25, -0.2) is 0 Å². The maximum absolute atomic E-state index is 5.50. The first-order valence-electron chi connectivity index (χ1n) is 7.20. The van der Waals surface area contributed by atoms with E-state index in [1.54, 1.807) is 7.11 Å². The normalized spacial score (nSPS) is 12.7. The third kappa shape index (κ3) is 4.51. The van der Waals surface area contributed by atoms with Crippen molar-refractivity contribution in [3.63, 3.8) is 0 Å². The van der Waals surface area contributed by atoms with Gasteiger partial charge in [-0.3, -0.25) is 0 Å². The second-order valence-corrected chi connectivity index (χ2v) is 4.98. The van der Waals surface area contributed by atoms with E-state index in [4.69, 9.17) is 4.74 Å². The van der Waals surface area contributed by atoms with Crippen LogP contribution in [0.15, 0.2) is 18.2 Å². The highest BCUT2D eigenvalue weighted by Gasteiger charge is 2.17. The molecule has 0 aliphatic heterocycles. The van der Waals surface area contributed by atoms with Gasteiger partial charge < -0.3 is 15.0 Å². The molecule has 0 fully saturated rings. The van der Waals surface area contributed by atoms with E-state index in [0.29, 0.717) is 6.04 Å². The predicted octanol–water partition coefficient (Wildman–Crippen LogP) is 3.00. The first-order valence-corrected chi connectivity index (χ1v) is 7.20. The highest BCUT2D eigenvalue weighted by Crippen LogP contribution is 2.26. The summed E-state index contributed by atoms with van der Waals surface area (Å²) in [6, 6.07) is 6.69. The van der Waals surface area contributed by atoms with Crippen molar-refractivity contribution in [1.82, 2.24) is 10.2 Å². The molecule has 19 heavy (non-hydrogen) atoms. The number of nitrogens with one attached hydrogen (secondary N) is 1. The largest absolute Gasteiger partial charge is 0.496 e. The Morgan fingerprint density at radius 1 is 1.32 bits per heavy atom. The van der Waals surface area contributed by atoms with Crippen LogP contribution >= 0.6 is 0 Å². The maximum Gasteiger partial charge on any atom is 0.123 e. The topological polar surface area (TPSA) is 24.5 Å². The number of ether oxygens (including phenoxy) is 1. The Morgan fingerprint density at radius 2 is 2.05 bits per heavy atom. The average molecular weight is 264 g/mol. The lowest BCUT2D eigenvalue weighted by Crippen LogP contribution is -2.34. The Bertz CT molecular complexity index is 379. The zero-order valence-corrected chi connectivity index (χ0v) is 13.0. The summed E-state index contributed by atoms with van der Waals surface area (Å²) in [7, 11) is 3.76. The molecule has 0 amide bonds. The fraction of sp³-hybridized carbons (Fsp3) is 0.625. The van der Waals surface area contributed by atoms with Gasteiger partial charge in [-0.15, -0.1) is 0 Å². The summed E-state index contributed by atoms with van der Waals surface area (Å²) < 4.78 is 5.50. The Balaban J connectivity index is 2.92. The molecule has 1 aromatic carbocycles. The molecular weight excluding hydrogens is 236 g/mol. The third-order valence-corrected chi connectivity index (χ3v) is 3.54. The highest BCUT2D eigenvalue weighted by molar-refractivity contribution is 5.39. The smallest absolute Gasteiger partial charge is 0.123 e. The van der Waals surface area contributed by atoms with E-state index in [2.05, 4.69) is 49.2 Å². The van der Waals surface area contributed by atoms with Gasteiger partial charge in [0.15, 0.2) is 0 Å². The van der Waals surface area contributed by atoms with Crippen LogP contribution in [0.2, 0.25) is 0 Å². The number of methoxy groups -OCH3 is 1. The van der Waals surface area contributed by atoms with Crippen LogP contribution in [-0.2, 0) is 0 Å². The summed E-state index contributed by atoms with van der Waals surface area (Å²) in [4.78, 5) is 2.48. The Hall–Kier alpha value is -1.06. The number of hydrogen-bond donors (Lipinski definition) is 1. The standard InChI is InChI=1S/C16H28N2O/c1-6-10-18(7-2)12-15(17-4)14-11-13(3)8-9-16(14)19-5/h8-9,11,15,17H,6-7,10,12H2,1-5H3. The molecule has 0 spiro atoms. The number of hydrogen-bond acceptors (Lipinski definition) is 3. The van der Waals surface area contributed by atoms with Crippen LogP contribution in [0.3, 0.4) is 0 Å². The van der Waals surface area contributed by atoms with Gasteiger partial charge in [0.25, 0.3) is 0 Å².